The molecule has 0 saturated heterocycles. The molecule has 0 spiro atoms. The molecular formula is C22H18F4N6S. The van der Waals surface area contributed by atoms with Crippen molar-refractivity contribution >= 4 is 28.8 Å². The van der Waals surface area contributed by atoms with Crippen LogP contribution < -0.4 is 10.6 Å². The van der Waals surface area contributed by atoms with Gasteiger partial charge in [-0.05, 0) is 30.3 Å². The lowest BCUT2D eigenvalue weighted by Gasteiger charge is -2.08. The first-order valence-electron chi connectivity index (χ1n) is 9.80. The summed E-state index contributed by atoms with van der Waals surface area (Å²) in [5.41, 5.74) is 2.10. The van der Waals surface area contributed by atoms with Crippen LogP contribution in [0.25, 0.3) is 0 Å². The maximum atomic E-state index is 13.9. The van der Waals surface area contributed by atoms with Crippen LogP contribution in [0.5, 0.6) is 0 Å². The van der Waals surface area contributed by atoms with Crippen LogP contribution in [-0.2, 0) is 13.1 Å². The Kier molecular flexibility index (Phi) is 6.40. The zero-order valence-corrected chi connectivity index (χ0v) is 18.1. The van der Waals surface area contributed by atoms with Crippen molar-refractivity contribution in [2.24, 2.45) is 0 Å². The Morgan fingerprint density at radius 1 is 0.970 bits per heavy atom. The van der Waals surface area contributed by atoms with Gasteiger partial charge in [0.1, 0.15) is 5.82 Å². The molecule has 6 nitrogen and oxygen atoms in total. The summed E-state index contributed by atoms with van der Waals surface area (Å²) in [6, 6.07) is 10.1. The molecule has 4 rings (SSSR count). The van der Waals surface area contributed by atoms with Gasteiger partial charge in [-0.2, -0.15) is 10.2 Å². The van der Waals surface area contributed by atoms with E-state index in [1.807, 2.05) is 37.4 Å². The summed E-state index contributed by atoms with van der Waals surface area (Å²) >= 11 is 5.27. The molecule has 11 heteroatoms. The molecule has 0 amide bonds. The zero-order valence-electron chi connectivity index (χ0n) is 17.3. The Morgan fingerprint density at radius 3 is 2.55 bits per heavy atom. The van der Waals surface area contributed by atoms with Crippen LogP contribution in [0, 0.1) is 30.2 Å². The molecule has 0 aliphatic carbocycles. The summed E-state index contributed by atoms with van der Waals surface area (Å²) < 4.78 is 57.2. The highest BCUT2D eigenvalue weighted by atomic mass is 32.1. The minimum Gasteiger partial charge on any atom is -0.330 e. The first-order chi connectivity index (χ1) is 15.8. The molecule has 33 heavy (non-hydrogen) atoms. The number of halogens is 4. The van der Waals surface area contributed by atoms with E-state index in [1.165, 1.54) is 22.6 Å². The first kappa shape index (κ1) is 22.5. The fourth-order valence-corrected chi connectivity index (χ4v) is 3.40. The van der Waals surface area contributed by atoms with E-state index in [9.17, 15) is 17.6 Å². The van der Waals surface area contributed by atoms with Gasteiger partial charge in [-0.3, -0.25) is 9.36 Å². The van der Waals surface area contributed by atoms with Crippen molar-refractivity contribution in [1.82, 2.24) is 19.6 Å². The molecule has 4 aromatic rings. The number of thiocarbonyl (C=S) groups is 1. The maximum absolute atomic E-state index is 13.9. The van der Waals surface area contributed by atoms with Gasteiger partial charge in [0, 0.05) is 30.1 Å². The topological polar surface area (TPSA) is 59.7 Å². The molecule has 0 saturated carbocycles. The van der Waals surface area contributed by atoms with Gasteiger partial charge in [0.25, 0.3) is 0 Å². The molecule has 0 aliphatic heterocycles. The van der Waals surface area contributed by atoms with E-state index in [1.54, 1.807) is 10.7 Å². The third-order valence-electron chi connectivity index (χ3n) is 4.90. The first-order valence-corrected chi connectivity index (χ1v) is 10.2. The molecule has 0 bridgehead atoms. The Balaban J connectivity index is 1.37. The van der Waals surface area contributed by atoms with Crippen molar-refractivity contribution in [3.63, 3.8) is 0 Å². The van der Waals surface area contributed by atoms with E-state index in [0.29, 0.717) is 24.1 Å². The molecule has 2 heterocycles. The number of nitrogens with zero attached hydrogens (tertiary/aromatic N) is 4. The van der Waals surface area contributed by atoms with Gasteiger partial charge >= 0.3 is 0 Å². The van der Waals surface area contributed by atoms with Gasteiger partial charge in [0.2, 0.25) is 0 Å². The number of hydrogen-bond donors (Lipinski definition) is 2. The van der Waals surface area contributed by atoms with Gasteiger partial charge in [-0.15, -0.1) is 0 Å². The number of hydrogen-bond acceptors (Lipinski definition) is 3. The van der Waals surface area contributed by atoms with E-state index >= 15 is 0 Å². The van der Waals surface area contributed by atoms with Crippen molar-refractivity contribution in [3.05, 3.63) is 94.9 Å². The second kappa shape index (κ2) is 9.41. The highest BCUT2D eigenvalue weighted by Crippen LogP contribution is 2.20. The van der Waals surface area contributed by atoms with Crippen LogP contribution in [0.2, 0.25) is 0 Å². The van der Waals surface area contributed by atoms with Crippen molar-refractivity contribution in [1.29, 1.82) is 0 Å². The minimum atomic E-state index is -1.73. The van der Waals surface area contributed by atoms with Gasteiger partial charge in [-0.25, -0.2) is 17.6 Å². The predicted molar refractivity (Wildman–Crippen MR) is 120 cm³/mol. The van der Waals surface area contributed by atoms with Crippen molar-refractivity contribution in [2.45, 2.75) is 20.0 Å². The number of anilines is 2. The number of nitrogens with one attached hydrogen (secondary N) is 2. The largest absolute Gasteiger partial charge is 0.330 e. The molecule has 0 unspecified atom stereocenters. The highest BCUT2D eigenvalue weighted by molar-refractivity contribution is 7.80. The average Bonchev–Trinajstić information content (AvgIpc) is 3.40. The Morgan fingerprint density at radius 2 is 1.76 bits per heavy atom. The van der Waals surface area contributed by atoms with Gasteiger partial charge in [-0.1, -0.05) is 24.3 Å². The average molecular weight is 474 g/mol. The van der Waals surface area contributed by atoms with Crippen LogP contribution >= 0.6 is 12.2 Å². The number of benzene rings is 2. The molecule has 2 aromatic carbocycles. The monoisotopic (exact) mass is 474 g/mol. The van der Waals surface area contributed by atoms with E-state index in [-0.39, 0.29) is 5.11 Å². The van der Waals surface area contributed by atoms with E-state index in [0.717, 1.165) is 5.56 Å². The SMILES string of the molecule is Cc1ccccc1Cn1ccc(NC(=S)Nc2cnn(Cc3c(F)cc(F)c(F)c3F)c2)n1. The van der Waals surface area contributed by atoms with Gasteiger partial charge in [0.05, 0.1) is 25.0 Å². The third-order valence-corrected chi connectivity index (χ3v) is 5.10. The molecule has 0 aliphatic rings. The van der Waals surface area contributed by atoms with E-state index in [2.05, 4.69) is 20.8 Å². The van der Waals surface area contributed by atoms with Crippen LogP contribution in [0.1, 0.15) is 16.7 Å². The second-order valence-corrected chi connectivity index (χ2v) is 7.69. The molecule has 2 N–H and O–H groups in total. The minimum absolute atomic E-state index is 0.223. The summed E-state index contributed by atoms with van der Waals surface area (Å²) in [6.07, 6.45) is 4.62. The van der Waals surface area contributed by atoms with E-state index < -0.39 is 35.4 Å². The summed E-state index contributed by atoms with van der Waals surface area (Å²) in [7, 11) is 0. The molecule has 0 atom stereocenters. The van der Waals surface area contributed by atoms with Crippen molar-refractivity contribution in [2.75, 3.05) is 10.6 Å². The lowest BCUT2D eigenvalue weighted by Crippen LogP contribution is -2.19. The standard InChI is InChI=1S/C22H18F4N6S/c1-13-4-2-3-5-14(13)10-31-7-6-19(30-31)29-22(33)28-15-9-27-32(11-15)12-16-17(23)8-18(24)21(26)20(16)25/h2-9,11H,10,12H2,1H3,(H2,28,29,30,33). The van der Waals surface area contributed by atoms with Crippen molar-refractivity contribution < 1.29 is 17.6 Å². The fourth-order valence-electron chi connectivity index (χ4n) is 3.18. The normalized spacial score (nSPS) is 10.9. The summed E-state index contributed by atoms with van der Waals surface area (Å²) in [6.45, 7) is 2.21. The molecule has 170 valence electrons. The number of rotatable bonds is 6. The van der Waals surface area contributed by atoms with E-state index in [4.69, 9.17) is 12.2 Å². The van der Waals surface area contributed by atoms with Crippen molar-refractivity contribution in [3.8, 4) is 0 Å². The van der Waals surface area contributed by atoms with Gasteiger partial charge in [0.15, 0.2) is 28.4 Å². The van der Waals surface area contributed by atoms with Crippen LogP contribution in [0.4, 0.5) is 29.1 Å². The third kappa shape index (κ3) is 5.20. The van der Waals surface area contributed by atoms with Crippen LogP contribution in [-0.4, -0.2) is 24.7 Å². The van der Waals surface area contributed by atoms with Gasteiger partial charge < -0.3 is 10.6 Å². The molecule has 0 radical (unpaired) electrons. The summed E-state index contributed by atoms with van der Waals surface area (Å²) in [4.78, 5) is 0. The number of aryl methyl sites for hydroxylation is 1. The Bertz CT molecular complexity index is 1320. The zero-order chi connectivity index (χ0) is 23.5. The fraction of sp³-hybridized carbons (Fsp3) is 0.136. The highest BCUT2D eigenvalue weighted by Gasteiger charge is 2.19. The summed E-state index contributed by atoms with van der Waals surface area (Å²) in [5, 5.41) is 14.4. The smallest absolute Gasteiger partial charge is 0.194 e. The Hall–Kier alpha value is -3.73. The second-order valence-electron chi connectivity index (χ2n) is 7.28. The lowest BCUT2D eigenvalue weighted by molar-refractivity contribution is 0.420. The van der Waals surface area contributed by atoms with Crippen LogP contribution in [0.3, 0.4) is 0 Å². The quantitative estimate of drug-likeness (QED) is 0.181. The molecular weight excluding hydrogens is 456 g/mol. The van der Waals surface area contributed by atoms with Crippen LogP contribution in [0.15, 0.2) is 55.0 Å². The Labute approximate surface area is 191 Å². The molecule has 0 fully saturated rings. The predicted octanol–water partition coefficient (Wildman–Crippen LogP) is 4.85. The molecule has 2 aromatic heterocycles. The number of aromatic nitrogens is 4. The maximum Gasteiger partial charge on any atom is 0.194 e. The summed E-state index contributed by atoms with van der Waals surface area (Å²) in [5.74, 6) is -5.58. The lowest BCUT2D eigenvalue weighted by atomic mass is 10.1.